The van der Waals surface area contributed by atoms with Gasteiger partial charge >= 0.3 is 17.9 Å². The summed E-state index contributed by atoms with van der Waals surface area (Å²) in [4.78, 5) is 37.3. The first-order chi connectivity index (χ1) is 21.0. The molecule has 0 bridgehead atoms. The van der Waals surface area contributed by atoms with Crippen LogP contribution in [0.15, 0.2) is 127 Å². The predicted octanol–water partition coefficient (Wildman–Crippen LogP) is 7.34. The summed E-state index contributed by atoms with van der Waals surface area (Å²) in [6.45, 7) is -0.0539. The van der Waals surface area contributed by atoms with Crippen molar-refractivity contribution in [2.45, 2.75) is 19.8 Å². The third kappa shape index (κ3) is 7.34. The Hall–Kier alpha value is -5.69. The molecule has 0 saturated carbocycles. The molecule has 5 aromatic carbocycles. The van der Waals surface area contributed by atoms with Crippen LogP contribution in [0.25, 0.3) is 11.1 Å². The lowest BCUT2D eigenvalue weighted by molar-refractivity contribution is 0.0435. The maximum atomic E-state index is 12.7. The standard InChI is InChI=1S/C36H28O7/c37-34(38)32-18-10-17-31(26-11-4-1-5-12-26)33(32)41-22-25-19-20-29(23-42-35(39)27-13-6-2-7-14-27)30(21-25)24-43-36(40)28-15-8-3-9-16-28/h1-21H,22-24H2,(H,37,38). The highest BCUT2D eigenvalue weighted by atomic mass is 16.5. The Balaban J connectivity index is 1.39. The van der Waals surface area contributed by atoms with E-state index in [0.717, 1.165) is 5.56 Å². The van der Waals surface area contributed by atoms with Crippen molar-refractivity contribution in [3.8, 4) is 16.9 Å². The van der Waals surface area contributed by atoms with Crippen molar-refractivity contribution in [1.82, 2.24) is 0 Å². The van der Waals surface area contributed by atoms with Crippen LogP contribution in [0.3, 0.4) is 0 Å². The number of rotatable bonds is 11. The number of esters is 2. The highest BCUT2D eigenvalue weighted by Crippen LogP contribution is 2.34. The van der Waals surface area contributed by atoms with Crippen LogP contribution in [0.5, 0.6) is 5.75 Å². The van der Waals surface area contributed by atoms with Crippen molar-refractivity contribution in [2.75, 3.05) is 0 Å². The molecule has 0 atom stereocenters. The maximum absolute atomic E-state index is 12.7. The van der Waals surface area contributed by atoms with E-state index in [1.807, 2.05) is 48.5 Å². The number of para-hydroxylation sites is 1. The molecule has 0 radical (unpaired) electrons. The van der Waals surface area contributed by atoms with Crippen LogP contribution >= 0.6 is 0 Å². The van der Waals surface area contributed by atoms with E-state index in [1.165, 1.54) is 6.07 Å². The zero-order chi connectivity index (χ0) is 30.0. The van der Waals surface area contributed by atoms with E-state index < -0.39 is 17.9 Å². The van der Waals surface area contributed by atoms with Gasteiger partial charge < -0.3 is 19.3 Å². The second kappa shape index (κ2) is 13.8. The summed E-state index contributed by atoms with van der Waals surface area (Å²) in [6.07, 6.45) is 0. The lowest BCUT2D eigenvalue weighted by Crippen LogP contribution is -2.10. The van der Waals surface area contributed by atoms with Crippen molar-refractivity contribution in [3.63, 3.8) is 0 Å². The van der Waals surface area contributed by atoms with Crippen LogP contribution in [0.1, 0.15) is 47.8 Å². The first kappa shape index (κ1) is 28.8. The molecular weight excluding hydrogens is 544 g/mol. The zero-order valence-corrected chi connectivity index (χ0v) is 23.1. The molecule has 0 unspecified atom stereocenters. The fraction of sp³-hybridized carbons (Fsp3) is 0.0833. The third-order valence-corrected chi connectivity index (χ3v) is 6.72. The molecule has 0 spiro atoms. The van der Waals surface area contributed by atoms with Crippen LogP contribution < -0.4 is 4.74 Å². The van der Waals surface area contributed by atoms with E-state index in [9.17, 15) is 19.5 Å². The van der Waals surface area contributed by atoms with Crippen molar-refractivity contribution < 1.29 is 33.7 Å². The molecule has 0 heterocycles. The van der Waals surface area contributed by atoms with Gasteiger partial charge in [-0.15, -0.1) is 0 Å². The molecule has 0 amide bonds. The molecule has 1 N–H and O–H groups in total. The van der Waals surface area contributed by atoms with Crippen molar-refractivity contribution in [1.29, 1.82) is 0 Å². The third-order valence-electron chi connectivity index (χ3n) is 6.72. The summed E-state index contributed by atoms with van der Waals surface area (Å²) in [5.41, 5.74) is 4.36. The molecule has 5 rings (SSSR count). The summed E-state index contributed by atoms with van der Waals surface area (Å²) in [5, 5.41) is 9.85. The Morgan fingerprint density at radius 2 is 1.12 bits per heavy atom. The molecule has 7 heteroatoms. The number of hydrogen-bond acceptors (Lipinski definition) is 6. The first-order valence-corrected chi connectivity index (χ1v) is 13.6. The van der Waals surface area contributed by atoms with Gasteiger partial charge in [0.15, 0.2) is 0 Å². The van der Waals surface area contributed by atoms with Gasteiger partial charge in [-0.2, -0.15) is 0 Å². The van der Waals surface area contributed by atoms with Crippen LogP contribution in [0.4, 0.5) is 0 Å². The number of carboxylic acid groups (broad SMARTS) is 1. The molecule has 0 fully saturated rings. The maximum Gasteiger partial charge on any atom is 0.339 e. The highest BCUT2D eigenvalue weighted by Gasteiger charge is 2.18. The summed E-state index contributed by atoms with van der Waals surface area (Å²) in [7, 11) is 0. The predicted molar refractivity (Wildman–Crippen MR) is 161 cm³/mol. The van der Waals surface area contributed by atoms with Gasteiger partial charge in [0, 0.05) is 5.56 Å². The van der Waals surface area contributed by atoms with E-state index in [0.29, 0.717) is 33.4 Å². The summed E-state index contributed by atoms with van der Waals surface area (Å²) in [5.74, 6) is -1.81. The minimum atomic E-state index is -1.10. The number of carbonyl (C=O) groups excluding carboxylic acids is 2. The Bertz CT molecular complexity index is 1720. The summed E-state index contributed by atoms with van der Waals surface area (Å²) >= 11 is 0. The monoisotopic (exact) mass is 572 g/mol. The van der Waals surface area contributed by atoms with Crippen LogP contribution in [-0.4, -0.2) is 23.0 Å². The van der Waals surface area contributed by atoms with Crippen LogP contribution in [0, 0.1) is 0 Å². The Kier molecular flexibility index (Phi) is 9.24. The SMILES string of the molecule is O=C(OCc1ccc(COc2c(C(=O)O)cccc2-c2ccccc2)cc1COC(=O)c1ccccc1)c1ccccc1. The molecule has 0 aromatic heterocycles. The normalized spacial score (nSPS) is 10.5. The fourth-order valence-electron chi connectivity index (χ4n) is 4.51. The molecule has 0 aliphatic carbocycles. The molecule has 214 valence electrons. The van der Waals surface area contributed by atoms with Gasteiger partial charge in [-0.25, -0.2) is 14.4 Å². The summed E-state index contributed by atoms with van der Waals surface area (Å²) in [6, 6.07) is 37.1. The van der Waals surface area contributed by atoms with E-state index in [4.69, 9.17) is 14.2 Å². The second-order valence-electron chi connectivity index (χ2n) is 9.63. The van der Waals surface area contributed by atoms with Gasteiger partial charge in [-0.05, 0) is 58.7 Å². The van der Waals surface area contributed by atoms with Gasteiger partial charge in [0.1, 0.15) is 31.1 Å². The molecule has 5 aromatic rings. The zero-order valence-electron chi connectivity index (χ0n) is 23.1. The molecular formula is C36H28O7. The van der Waals surface area contributed by atoms with E-state index >= 15 is 0 Å². The minimum absolute atomic E-state index is 0.0346. The molecule has 43 heavy (non-hydrogen) atoms. The van der Waals surface area contributed by atoms with Gasteiger partial charge in [0.2, 0.25) is 0 Å². The van der Waals surface area contributed by atoms with Gasteiger partial charge in [0.25, 0.3) is 0 Å². The molecule has 0 aliphatic rings. The molecule has 0 aliphatic heterocycles. The molecule has 7 nitrogen and oxygen atoms in total. The highest BCUT2D eigenvalue weighted by molar-refractivity contribution is 5.94. The summed E-state index contributed by atoms with van der Waals surface area (Å²) < 4.78 is 17.3. The quantitative estimate of drug-likeness (QED) is 0.165. The number of aromatic carboxylic acids is 1. The average molecular weight is 573 g/mol. The van der Waals surface area contributed by atoms with E-state index in [-0.39, 0.29) is 31.1 Å². The van der Waals surface area contributed by atoms with Crippen molar-refractivity contribution in [2.24, 2.45) is 0 Å². The number of carbonyl (C=O) groups is 3. The lowest BCUT2D eigenvalue weighted by Gasteiger charge is -2.16. The van der Waals surface area contributed by atoms with Gasteiger partial charge in [-0.3, -0.25) is 0 Å². The topological polar surface area (TPSA) is 99.1 Å². The number of carboxylic acids is 1. The van der Waals surface area contributed by atoms with Crippen LogP contribution in [-0.2, 0) is 29.3 Å². The number of hydrogen-bond donors (Lipinski definition) is 1. The fourth-order valence-corrected chi connectivity index (χ4v) is 4.51. The van der Waals surface area contributed by atoms with Crippen LogP contribution in [0.2, 0.25) is 0 Å². The van der Waals surface area contributed by atoms with E-state index in [1.54, 1.807) is 72.8 Å². The Morgan fingerprint density at radius 3 is 1.70 bits per heavy atom. The Labute approximate surface area is 248 Å². The minimum Gasteiger partial charge on any atom is -0.487 e. The largest absolute Gasteiger partial charge is 0.487 e. The number of ether oxygens (including phenoxy) is 3. The van der Waals surface area contributed by atoms with E-state index in [2.05, 4.69) is 0 Å². The van der Waals surface area contributed by atoms with Crippen molar-refractivity contribution in [3.05, 3.63) is 161 Å². The molecule has 0 saturated heterocycles. The van der Waals surface area contributed by atoms with Gasteiger partial charge in [-0.1, -0.05) is 91.0 Å². The van der Waals surface area contributed by atoms with Crippen molar-refractivity contribution >= 4 is 17.9 Å². The first-order valence-electron chi connectivity index (χ1n) is 13.6. The smallest absolute Gasteiger partial charge is 0.339 e. The van der Waals surface area contributed by atoms with Gasteiger partial charge in [0.05, 0.1) is 11.1 Å². The average Bonchev–Trinajstić information content (AvgIpc) is 3.06. The number of benzene rings is 5. The lowest BCUT2D eigenvalue weighted by atomic mass is 10.0. The Morgan fingerprint density at radius 1 is 0.558 bits per heavy atom. The second-order valence-corrected chi connectivity index (χ2v) is 9.63.